The quantitative estimate of drug-likeness (QED) is 0.450. The third-order valence-electron chi connectivity index (χ3n) is 3.09. The van der Waals surface area contributed by atoms with E-state index in [2.05, 4.69) is 21.0 Å². The SMILES string of the molecule is CC(=N\Nc1ccc(C)cc1)/C(=N\O)C(=O)Nc1ccccc1. The van der Waals surface area contributed by atoms with Crippen LogP contribution < -0.4 is 10.7 Å². The van der Waals surface area contributed by atoms with Crippen LogP contribution in [0.5, 0.6) is 0 Å². The van der Waals surface area contributed by atoms with Crippen molar-refractivity contribution in [3.05, 3.63) is 60.2 Å². The number of aryl methyl sites for hydroxylation is 1. The third kappa shape index (κ3) is 4.67. The Balaban J connectivity index is 2.05. The van der Waals surface area contributed by atoms with E-state index in [0.717, 1.165) is 11.3 Å². The summed E-state index contributed by atoms with van der Waals surface area (Å²) in [4.78, 5) is 12.1. The normalized spacial score (nSPS) is 11.9. The first-order valence-electron chi connectivity index (χ1n) is 7.06. The van der Waals surface area contributed by atoms with Gasteiger partial charge in [0.2, 0.25) is 0 Å². The van der Waals surface area contributed by atoms with Crippen LogP contribution in [0.4, 0.5) is 11.4 Å². The van der Waals surface area contributed by atoms with Crippen LogP contribution in [0.15, 0.2) is 64.9 Å². The largest absolute Gasteiger partial charge is 0.410 e. The van der Waals surface area contributed by atoms with E-state index in [4.69, 9.17) is 5.21 Å². The summed E-state index contributed by atoms with van der Waals surface area (Å²) < 4.78 is 0. The summed E-state index contributed by atoms with van der Waals surface area (Å²) >= 11 is 0. The molecule has 0 fully saturated rings. The zero-order valence-corrected chi connectivity index (χ0v) is 12.9. The van der Waals surface area contributed by atoms with E-state index in [9.17, 15) is 4.79 Å². The zero-order chi connectivity index (χ0) is 16.7. The number of amides is 1. The Hall–Kier alpha value is -3.15. The molecule has 23 heavy (non-hydrogen) atoms. The van der Waals surface area contributed by atoms with Crippen molar-refractivity contribution in [2.75, 3.05) is 10.7 Å². The molecule has 0 spiro atoms. The molecule has 1 amide bonds. The molecule has 0 saturated heterocycles. The molecule has 0 unspecified atom stereocenters. The fraction of sp³-hybridized carbons (Fsp3) is 0.118. The average Bonchev–Trinajstić information content (AvgIpc) is 2.56. The number of anilines is 2. The van der Waals surface area contributed by atoms with Crippen molar-refractivity contribution in [1.82, 2.24) is 0 Å². The minimum Gasteiger partial charge on any atom is -0.410 e. The highest BCUT2D eigenvalue weighted by Gasteiger charge is 2.16. The molecule has 0 aromatic heterocycles. The van der Waals surface area contributed by atoms with Gasteiger partial charge >= 0.3 is 0 Å². The van der Waals surface area contributed by atoms with Crippen molar-refractivity contribution in [2.24, 2.45) is 10.3 Å². The minimum atomic E-state index is -0.536. The van der Waals surface area contributed by atoms with E-state index < -0.39 is 5.91 Å². The maximum atomic E-state index is 12.1. The molecular formula is C17H18N4O2. The number of para-hydroxylation sites is 1. The molecule has 0 saturated carbocycles. The van der Waals surface area contributed by atoms with Gasteiger partial charge in [-0.05, 0) is 38.1 Å². The molecular weight excluding hydrogens is 292 g/mol. The predicted molar refractivity (Wildman–Crippen MR) is 92.2 cm³/mol. The molecule has 6 nitrogen and oxygen atoms in total. The lowest BCUT2D eigenvalue weighted by atomic mass is 10.2. The number of oxime groups is 1. The van der Waals surface area contributed by atoms with Crippen LogP contribution in [0.25, 0.3) is 0 Å². The van der Waals surface area contributed by atoms with Crippen molar-refractivity contribution in [2.45, 2.75) is 13.8 Å². The Morgan fingerprint density at radius 1 is 1.00 bits per heavy atom. The minimum absolute atomic E-state index is 0.159. The average molecular weight is 310 g/mol. The Bertz CT molecular complexity index is 722. The summed E-state index contributed by atoms with van der Waals surface area (Å²) in [5.74, 6) is -0.536. The number of carbonyl (C=O) groups is 1. The second-order valence-corrected chi connectivity index (χ2v) is 4.94. The second kappa shape index (κ2) is 7.74. The highest BCUT2D eigenvalue weighted by molar-refractivity contribution is 6.68. The molecule has 0 heterocycles. The molecule has 2 aromatic rings. The molecule has 0 bridgehead atoms. The van der Waals surface area contributed by atoms with Crippen LogP contribution in [-0.2, 0) is 4.79 Å². The lowest BCUT2D eigenvalue weighted by Gasteiger charge is -2.07. The number of carbonyl (C=O) groups excluding carboxylic acids is 1. The van der Waals surface area contributed by atoms with Crippen LogP contribution in [0, 0.1) is 6.92 Å². The first-order valence-corrected chi connectivity index (χ1v) is 7.06. The standard InChI is InChI=1S/C17H18N4O2/c1-12-8-10-15(11-9-12)20-19-13(2)16(21-23)17(22)18-14-6-4-3-5-7-14/h3-11,20,23H,1-2H3,(H,18,22)/b19-13+,21-16+. The predicted octanol–water partition coefficient (Wildman–Crippen LogP) is 3.25. The molecule has 2 aromatic carbocycles. The first kappa shape index (κ1) is 16.2. The van der Waals surface area contributed by atoms with Gasteiger partial charge in [0.15, 0.2) is 5.71 Å². The number of rotatable bonds is 5. The highest BCUT2D eigenvalue weighted by Crippen LogP contribution is 2.09. The topological polar surface area (TPSA) is 86.1 Å². The number of hydrogen-bond donors (Lipinski definition) is 3. The van der Waals surface area contributed by atoms with Crippen molar-refractivity contribution >= 4 is 28.7 Å². The number of nitrogens with one attached hydrogen (secondary N) is 2. The molecule has 2 rings (SSSR count). The van der Waals surface area contributed by atoms with Crippen molar-refractivity contribution in [3.8, 4) is 0 Å². The smallest absolute Gasteiger partial charge is 0.279 e. The monoisotopic (exact) mass is 310 g/mol. The van der Waals surface area contributed by atoms with E-state index in [-0.39, 0.29) is 11.4 Å². The van der Waals surface area contributed by atoms with Crippen LogP contribution >= 0.6 is 0 Å². The lowest BCUT2D eigenvalue weighted by molar-refractivity contribution is -0.110. The summed E-state index contributed by atoms with van der Waals surface area (Å²) in [5.41, 5.74) is 5.45. The van der Waals surface area contributed by atoms with Gasteiger partial charge < -0.3 is 10.5 Å². The molecule has 0 atom stereocenters. The summed E-state index contributed by atoms with van der Waals surface area (Å²) in [6.45, 7) is 3.57. The molecule has 3 N–H and O–H groups in total. The Labute approximate surface area is 134 Å². The maximum Gasteiger partial charge on any atom is 0.279 e. The number of nitrogens with zero attached hydrogens (tertiary/aromatic N) is 2. The van der Waals surface area contributed by atoms with Gasteiger partial charge in [-0.25, -0.2) is 0 Å². The van der Waals surface area contributed by atoms with Crippen molar-refractivity contribution < 1.29 is 10.0 Å². The number of hydrazone groups is 1. The van der Waals surface area contributed by atoms with E-state index >= 15 is 0 Å². The van der Waals surface area contributed by atoms with Gasteiger partial charge in [-0.3, -0.25) is 10.2 Å². The van der Waals surface area contributed by atoms with Crippen molar-refractivity contribution in [3.63, 3.8) is 0 Å². The maximum absolute atomic E-state index is 12.1. The van der Waals surface area contributed by atoms with Gasteiger partial charge in [-0.2, -0.15) is 5.10 Å². The molecule has 0 aliphatic rings. The van der Waals surface area contributed by atoms with Crippen LogP contribution in [0.1, 0.15) is 12.5 Å². The van der Waals surface area contributed by atoms with Crippen molar-refractivity contribution in [1.29, 1.82) is 0 Å². The Morgan fingerprint density at radius 3 is 2.26 bits per heavy atom. The van der Waals surface area contributed by atoms with Crippen LogP contribution in [0.3, 0.4) is 0 Å². The van der Waals surface area contributed by atoms with E-state index in [1.54, 1.807) is 31.2 Å². The number of hydrogen-bond acceptors (Lipinski definition) is 5. The van der Waals surface area contributed by atoms with E-state index in [1.165, 1.54) is 0 Å². The van der Waals surface area contributed by atoms with Gasteiger partial charge in [-0.15, -0.1) is 0 Å². The summed E-state index contributed by atoms with van der Waals surface area (Å²) in [5, 5.41) is 18.9. The first-order chi connectivity index (χ1) is 11.1. The van der Waals surface area contributed by atoms with E-state index in [0.29, 0.717) is 5.69 Å². The Kier molecular flexibility index (Phi) is 5.46. The second-order valence-electron chi connectivity index (χ2n) is 4.94. The molecule has 0 aliphatic carbocycles. The van der Waals surface area contributed by atoms with Gasteiger partial charge in [-0.1, -0.05) is 41.1 Å². The molecule has 118 valence electrons. The molecule has 0 aliphatic heterocycles. The summed E-state index contributed by atoms with van der Waals surface area (Å²) in [6.07, 6.45) is 0. The van der Waals surface area contributed by atoms with Crippen LogP contribution in [-0.4, -0.2) is 22.5 Å². The summed E-state index contributed by atoms with van der Waals surface area (Å²) in [7, 11) is 0. The lowest BCUT2D eigenvalue weighted by Crippen LogP contribution is -2.29. The van der Waals surface area contributed by atoms with Gasteiger partial charge in [0, 0.05) is 5.69 Å². The third-order valence-corrected chi connectivity index (χ3v) is 3.09. The summed E-state index contributed by atoms with van der Waals surface area (Å²) in [6, 6.07) is 16.5. The molecule has 6 heteroatoms. The zero-order valence-electron chi connectivity index (χ0n) is 12.9. The van der Waals surface area contributed by atoms with Crippen LogP contribution in [0.2, 0.25) is 0 Å². The fourth-order valence-electron chi connectivity index (χ4n) is 1.82. The van der Waals surface area contributed by atoms with Gasteiger partial charge in [0.1, 0.15) is 0 Å². The van der Waals surface area contributed by atoms with E-state index in [1.807, 2.05) is 37.3 Å². The van der Waals surface area contributed by atoms with Gasteiger partial charge in [0.25, 0.3) is 5.91 Å². The molecule has 0 radical (unpaired) electrons. The Morgan fingerprint density at radius 2 is 1.65 bits per heavy atom. The highest BCUT2D eigenvalue weighted by atomic mass is 16.4. The number of benzene rings is 2. The fourth-order valence-corrected chi connectivity index (χ4v) is 1.82. The van der Waals surface area contributed by atoms with Gasteiger partial charge in [0.05, 0.1) is 11.4 Å².